The third kappa shape index (κ3) is 5.05. The highest BCUT2D eigenvalue weighted by Gasteiger charge is 2.20. The zero-order valence-corrected chi connectivity index (χ0v) is 9.33. The molecule has 0 bridgehead atoms. The Labute approximate surface area is 89.4 Å². The van der Waals surface area contributed by atoms with E-state index in [-0.39, 0.29) is 18.8 Å². The number of hydrogen-bond acceptors (Lipinski definition) is 5. The van der Waals surface area contributed by atoms with Crippen LogP contribution >= 0.6 is 0 Å². The second-order valence-corrected chi connectivity index (χ2v) is 2.56. The molecule has 0 aromatic heterocycles. The fraction of sp³-hybridized carbons (Fsp3) is 0.600. The van der Waals surface area contributed by atoms with E-state index in [2.05, 4.69) is 5.32 Å². The van der Waals surface area contributed by atoms with Crippen molar-refractivity contribution in [3.63, 3.8) is 0 Å². The summed E-state index contributed by atoms with van der Waals surface area (Å²) in [7, 11) is 0. The highest BCUT2D eigenvalue weighted by molar-refractivity contribution is 6.13. The molecule has 0 atom stereocenters. The van der Waals surface area contributed by atoms with E-state index in [0.29, 0.717) is 6.54 Å². The standard InChI is InChI=1S/C10H17NO4/c1-4-11-7-8(9(12)14-5-2)10(13)15-6-3/h7,11H,4-6H2,1-3H3. The van der Waals surface area contributed by atoms with Gasteiger partial charge >= 0.3 is 11.9 Å². The van der Waals surface area contributed by atoms with E-state index >= 15 is 0 Å². The third-order valence-electron chi connectivity index (χ3n) is 1.44. The lowest BCUT2D eigenvalue weighted by Gasteiger charge is -2.06. The number of rotatable bonds is 6. The van der Waals surface area contributed by atoms with Crippen molar-refractivity contribution in [2.24, 2.45) is 0 Å². The summed E-state index contributed by atoms with van der Waals surface area (Å²) in [6.07, 6.45) is 1.32. The maximum atomic E-state index is 11.3. The Morgan fingerprint density at radius 3 is 1.87 bits per heavy atom. The van der Waals surface area contributed by atoms with E-state index in [0.717, 1.165) is 0 Å². The van der Waals surface area contributed by atoms with Gasteiger partial charge in [-0.3, -0.25) is 0 Å². The zero-order chi connectivity index (χ0) is 11.7. The molecule has 86 valence electrons. The van der Waals surface area contributed by atoms with Crippen LogP contribution in [0.4, 0.5) is 0 Å². The molecular formula is C10H17NO4. The van der Waals surface area contributed by atoms with Gasteiger partial charge in [0.25, 0.3) is 0 Å². The van der Waals surface area contributed by atoms with Gasteiger partial charge in [0, 0.05) is 12.7 Å². The lowest BCUT2D eigenvalue weighted by atomic mass is 10.3. The van der Waals surface area contributed by atoms with Gasteiger partial charge in [0.15, 0.2) is 5.57 Å². The van der Waals surface area contributed by atoms with Crippen LogP contribution in [0.1, 0.15) is 20.8 Å². The highest BCUT2D eigenvalue weighted by atomic mass is 16.6. The molecule has 5 heteroatoms. The molecule has 0 saturated heterocycles. The van der Waals surface area contributed by atoms with E-state index in [1.54, 1.807) is 13.8 Å². The topological polar surface area (TPSA) is 64.6 Å². The van der Waals surface area contributed by atoms with Gasteiger partial charge in [0.1, 0.15) is 0 Å². The van der Waals surface area contributed by atoms with Crippen LogP contribution < -0.4 is 5.32 Å². The van der Waals surface area contributed by atoms with Crippen LogP contribution in [0.2, 0.25) is 0 Å². The number of esters is 2. The van der Waals surface area contributed by atoms with E-state index in [9.17, 15) is 9.59 Å². The second-order valence-electron chi connectivity index (χ2n) is 2.56. The molecule has 0 aromatic carbocycles. The number of carbonyl (C=O) groups excluding carboxylic acids is 2. The molecule has 0 aliphatic heterocycles. The van der Waals surface area contributed by atoms with Crippen LogP contribution in [0.25, 0.3) is 0 Å². The molecule has 1 N–H and O–H groups in total. The minimum absolute atomic E-state index is 0.111. The van der Waals surface area contributed by atoms with Gasteiger partial charge in [0.2, 0.25) is 0 Å². The first-order valence-corrected chi connectivity index (χ1v) is 4.95. The molecule has 0 rings (SSSR count). The molecule has 0 unspecified atom stereocenters. The lowest BCUT2D eigenvalue weighted by Crippen LogP contribution is -2.21. The molecule has 0 radical (unpaired) electrons. The summed E-state index contributed by atoms with van der Waals surface area (Å²) < 4.78 is 9.44. The van der Waals surface area contributed by atoms with Crippen LogP contribution in [-0.4, -0.2) is 31.7 Å². The Hall–Kier alpha value is -1.52. The molecule has 0 spiro atoms. The van der Waals surface area contributed by atoms with Gasteiger partial charge in [-0.2, -0.15) is 0 Å². The van der Waals surface area contributed by atoms with Gasteiger partial charge < -0.3 is 14.8 Å². The Kier molecular flexibility index (Phi) is 7.05. The minimum Gasteiger partial charge on any atom is -0.462 e. The molecule has 0 amide bonds. The summed E-state index contributed by atoms with van der Waals surface area (Å²) in [5.41, 5.74) is -0.111. The van der Waals surface area contributed by atoms with Crippen LogP contribution in [-0.2, 0) is 19.1 Å². The zero-order valence-electron chi connectivity index (χ0n) is 9.33. The molecule has 5 nitrogen and oxygen atoms in total. The summed E-state index contributed by atoms with van der Waals surface area (Å²) in [6.45, 7) is 6.26. The maximum Gasteiger partial charge on any atom is 0.347 e. The Morgan fingerprint density at radius 1 is 1.07 bits per heavy atom. The Balaban J connectivity index is 4.57. The van der Waals surface area contributed by atoms with Crippen molar-refractivity contribution in [1.29, 1.82) is 0 Å². The van der Waals surface area contributed by atoms with Crippen LogP contribution in [0.5, 0.6) is 0 Å². The molecule has 0 aliphatic carbocycles. The quantitative estimate of drug-likeness (QED) is 0.304. The van der Waals surface area contributed by atoms with E-state index in [4.69, 9.17) is 9.47 Å². The van der Waals surface area contributed by atoms with Gasteiger partial charge in [-0.1, -0.05) is 0 Å². The summed E-state index contributed by atoms with van der Waals surface area (Å²) >= 11 is 0. The highest BCUT2D eigenvalue weighted by Crippen LogP contribution is 2.00. The molecule has 0 saturated carbocycles. The average molecular weight is 215 g/mol. The minimum atomic E-state index is -0.670. The fourth-order valence-corrected chi connectivity index (χ4v) is 0.823. The fourth-order valence-electron chi connectivity index (χ4n) is 0.823. The molecular weight excluding hydrogens is 198 g/mol. The predicted octanol–water partition coefficient (Wildman–Crippen LogP) is 0.606. The number of carbonyl (C=O) groups is 2. The van der Waals surface area contributed by atoms with Crippen molar-refractivity contribution < 1.29 is 19.1 Å². The Morgan fingerprint density at radius 2 is 1.53 bits per heavy atom. The predicted molar refractivity (Wildman–Crippen MR) is 55.0 cm³/mol. The first-order chi connectivity index (χ1) is 7.17. The van der Waals surface area contributed by atoms with Crippen molar-refractivity contribution in [3.05, 3.63) is 11.8 Å². The SMILES string of the molecule is CCNC=C(C(=O)OCC)C(=O)OCC. The van der Waals surface area contributed by atoms with Crippen LogP contribution in [0.3, 0.4) is 0 Å². The number of nitrogens with one attached hydrogen (secondary N) is 1. The van der Waals surface area contributed by atoms with Gasteiger partial charge in [0.05, 0.1) is 13.2 Å². The summed E-state index contributed by atoms with van der Waals surface area (Å²) in [5.74, 6) is -1.34. The largest absolute Gasteiger partial charge is 0.462 e. The van der Waals surface area contributed by atoms with Crippen molar-refractivity contribution in [2.45, 2.75) is 20.8 Å². The van der Waals surface area contributed by atoms with E-state index in [1.807, 2.05) is 6.92 Å². The first kappa shape index (κ1) is 13.5. The monoisotopic (exact) mass is 215 g/mol. The van der Waals surface area contributed by atoms with Gasteiger partial charge in [-0.25, -0.2) is 9.59 Å². The lowest BCUT2D eigenvalue weighted by molar-refractivity contribution is -0.146. The van der Waals surface area contributed by atoms with Gasteiger partial charge in [-0.15, -0.1) is 0 Å². The Bertz CT molecular complexity index is 228. The molecule has 15 heavy (non-hydrogen) atoms. The smallest absolute Gasteiger partial charge is 0.347 e. The summed E-state index contributed by atoms with van der Waals surface area (Å²) in [5, 5.41) is 2.76. The van der Waals surface area contributed by atoms with E-state index in [1.165, 1.54) is 6.20 Å². The van der Waals surface area contributed by atoms with Crippen molar-refractivity contribution >= 4 is 11.9 Å². The second kappa shape index (κ2) is 7.84. The first-order valence-electron chi connectivity index (χ1n) is 4.95. The average Bonchev–Trinajstić information content (AvgIpc) is 2.19. The summed E-state index contributed by atoms with van der Waals surface area (Å²) in [6, 6.07) is 0. The van der Waals surface area contributed by atoms with Crippen molar-refractivity contribution in [3.8, 4) is 0 Å². The van der Waals surface area contributed by atoms with Crippen molar-refractivity contribution in [2.75, 3.05) is 19.8 Å². The molecule has 0 aliphatic rings. The van der Waals surface area contributed by atoms with Crippen LogP contribution in [0, 0.1) is 0 Å². The van der Waals surface area contributed by atoms with Crippen LogP contribution in [0.15, 0.2) is 11.8 Å². The normalized spacial score (nSPS) is 9.00. The molecule has 0 fully saturated rings. The molecule has 0 aromatic rings. The van der Waals surface area contributed by atoms with Gasteiger partial charge in [-0.05, 0) is 20.8 Å². The number of hydrogen-bond donors (Lipinski definition) is 1. The third-order valence-corrected chi connectivity index (χ3v) is 1.44. The maximum absolute atomic E-state index is 11.3. The van der Waals surface area contributed by atoms with Crippen molar-refractivity contribution in [1.82, 2.24) is 5.32 Å². The number of ether oxygens (including phenoxy) is 2. The summed E-state index contributed by atoms with van der Waals surface area (Å²) in [4.78, 5) is 22.7. The van der Waals surface area contributed by atoms with E-state index < -0.39 is 11.9 Å². The molecule has 0 heterocycles.